The van der Waals surface area contributed by atoms with Crippen LogP contribution in [0.15, 0.2) is 24.3 Å². The summed E-state index contributed by atoms with van der Waals surface area (Å²) in [6.07, 6.45) is 6.01. The van der Waals surface area contributed by atoms with Gasteiger partial charge < -0.3 is 10.4 Å². The zero-order chi connectivity index (χ0) is 13.4. The molecule has 2 N–H and O–H groups in total. The van der Waals surface area contributed by atoms with Crippen LogP contribution >= 0.6 is 12.4 Å². The smallest absolute Gasteiger partial charge is 0.118 e. The topological polar surface area (TPSA) is 32.3 Å². The highest BCUT2D eigenvalue weighted by Gasteiger charge is 2.09. The van der Waals surface area contributed by atoms with E-state index in [1.807, 2.05) is 18.2 Å². The van der Waals surface area contributed by atoms with Crippen molar-refractivity contribution in [3.8, 4) is 5.75 Å². The summed E-state index contributed by atoms with van der Waals surface area (Å²) in [5.74, 6) is 0.407. The van der Waals surface area contributed by atoms with Crippen LogP contribution in [0.25, 0.3) is 0 Å². The second kappa shape index (κ2) is 10.1. The van der Waals surface area contributed by atoms with Gasteiger partial charge in [0, 0.05) is 12.1 Å². The molecule has 2 nitrogen and oxygen atoms in total. The quantitative estimate of drug-likeness (QED) is 0.698. The number of aromatic hydroxyl groups is 1. The predicted octanol–water partition coefficient (Wildman–Crippen LogP) is 4.30. The summed E-state index contributed by atoms with van der Waals surface area (Å²) < 4.78 is 0. The van der Waals surface area contributed by atoms with Gasteiger partial charge in [0.25, 0.3) is 0 Å². The lowest BCUT2D eigenvalue weighted by atomic mass is 10.0. The van der Waals surface area contributed by atoms with Crippen molar-refractivity contribution in [2.75, 3.05) is 0 Å². The lowest BCUT2D eigenvalue weighted by molar-refractivity contribution is 0.420. The predicted molar refractivity (Wildman–Crippen MR) is 85.3 cm³/mol. The van der Waals surface area contributed by atoms with Crippen molar-refractivity contribution in [3.63, 3.8) is 0 Å². The van der Waals surface area contributed by atoms with Gasteiger partial charge in [0.2, 0.25) is 0 Å². The third kappa shape index (κ3) is 7.44. The van der Waals surface area contributed by atoms with E-state index in [9.17, 15) is 5.11 Å². The van der Waals surface area contributed by atoms with Crippen LogP contribution in [0.2, 0.25) is 0 Å². The molecule has 2 atom stereocenters. The fourth-order valence-corrected chi connectivity index (χ4v) is 2.34. The molecule has 3 heteroatoms. The van der Waals surface area contributed by atoms with E-state index in [-0.39, 0.29) is 12.4 Å². The maximum Gasteiger partial charge on any atom is 0.118 e. The highest BCUT2D eigenvalue weighted by Crippen LogP contribution is 2.17. The van der Waals surface area contributed by atoms with Crippen LogP contribution in [0.4, 0.5) is 0 Å². The molecule has 19 heavy (non-hydrogen) atoms. The van der Waals surface area contributed by atoms with Gasteiger partial charge in [-0.3, -0.25) is 0 Å². The molecule has 1 aromatic rings. The number of halogens is 1. The molecule has 0 spiro atoms. The summed E-state index contributed by atoms with van der Waals surface area (Å²) in [7, 11) is 0. The Morgan fingerprint density at radius 2 is 1.79 bits per heavy atom. The number of phenolic OH excluding ortho intramolecular Hbond substituents is 1. The molecule has 2 unspecified atom stereocenters. The maximum absolute atomic E-state index is 9.74. The van der Waals surface area contributed by atoms with E-state index >= 15 is 0 Å². The highest BCUT2D eigenvalue weighted by molar-refractivity contribution is 5.85. The molecule has 0 aliphatic carbocycles. The first-order chi connectivity index (χ1) is 8.63. The molecule has 1 aromatic carbocycles. The Labute approximate surface area is 124 Å². The summed E-state index contributed by atoms with van der Waals surface area (Å²) in [4.78, 5) is 0. The summed E-state index contributed by atoms with van der Waals surface area (Å²) >= 11 is 0. The Kier molecular flexibility index (Phi) is 9.72. The van der Waals surface area contributed by atoms with E-state index in [1.54, 1.807) is 6.07 Å². The molecule has 0 saturated heterocycles. The number of rotatable bonds is 8. The van der Waals surface area contributed by atoms with Crippen LogP contribution in [0.5, 0.6) is 5.75 Å². The minimum Gasteiger partial charge on any atom is -0.508 e. The van der Waals surface area contributed by atoms with Crippen LogP contribution < -0.4 is 5.32 Å². The van der Waals surface area contributed by atoms with E-state index in [2.05, 4.69) is 26.1 Å². The van der Waals surface area contributed by atoms with Crippen molar-refractivity contribution in [1.82, 2.24) is 5.32 Å². The third-order valence-electron chi connectivity index (χ3n) is 3.33. The molecular weight excluding hydrogens is 258 g/mol. The molecule has 110 valence electrons. The van der Waals surface area contributed by atoms with Crippen LogP contribution in [0.3, 0.4) is 0 Å². The fourth-order valence-electron chi connectivity index (χ4n) is 2.34. The van der Waals surface area contributed by atoms with Gasteiger partial charge in [-0.05, 0) is 38.3 Å². The number of hydrogen-bond donors (Lipinski definition) is 2. The lowest BCUT2D eigenvalue weighted by Crippen LogP contribution is -2.35. The molecule has 0 bridgehead atoms. The van der Waals surface area contributed by atoms with Gasteiger partial charge in [-0.15, -0.1) is 12.4 Å². The van der Waals surface area contributed by atoms with Crippen molar-refractivity contribution in [1.29, 1.82) is 0 Å². The van der Waals surface area contributed by atoms with E-state index in [1.165, 1.54) is 25.7 Å². The van der Waals surface area contributed by atoms with E-state index in [0.29, 0.717) is 17.8 Å². The van der Waals surface area contributed by atoms with Gasteiger partial charge in [0.15, 0.2) is 0 Å². The van der Waals surface area contributed by atoms with Crippen molar-refractivity contribution in [3.05, 3.63) is 29.8 Å². The van der Waals surface area contributed by atoms with E-state index < -0.39 is 0 Å². The standard InChI is InChI=1S/C16H27NO.ClH/c1-4-5-6-9-13(2)17-14(3)12-15-10-7-8-11-16(15)18;/h7-8,10-11,13-14,17-18H,4-6,9,12H2,1-3H3;1H. The molecule has 0 aliphatic rings. The van der Waals surface area contributed by atoms with Gasteiger partial charge in [0.05, 0.1) is 0 Å². The normalized spacial score (nSPS) is 13.6. The zero-order valence-corrected chi connectivity index (χ0v) is 13.2. The Hall–Kier alpha value is -0.730. The first-order valence-corrected chi connectivity index (χ1v) is 7.16. The highest BCUT2D eigenvalue weighted by atomic mass is 35.5. The number of benzene rings is 1. The molecule has 0 radical (unpaired) electrons. The molecule has 0 heterocycles. The molecule has 0 aliphatic heterocycles. The molecule has 0 saturated carbocycles. The van der Waals surface area contributed by atoms with Gasteiger partial charge in [-0.1, -0.05) is 44.4 Å². The first-order valence-electron chi connectivity index (χ1n) is 7.16. The molecule has 0 amide bonds. The van der Waals surface area contributed by atoms with E-state index in [4.69, 9.17) is 0 Å². The van der Waals surface area contributed by atoms with Crippen molar-refractivity contribution in [2.45, 2.75) is 65.0 Å². The lowest BCUT2D eigenvalue weighted by Gasteiger charge is -2.20. The zero-order valence-electron chi connectivity index (χ0n) is 12.4. The molecule has 0 fully saturated rings. The van der Waals surface area contributed by atoms with Crippen molar-refractivity contribution < 1.29 is 5.11 Å². The fraction of sp³-hybridized carbons (Fsp3) is 0.625. The van der Waals surface area contributed by atoms with Gasteiger partial charge in [-0.25, -0.2) is 0 Å². The summed E-state index contributed by atoms with van der Waals surface area (Å²) in [6, 6.07) is 8.55. The number of phenols is 1. The number of nitrogens with one attached hydrogen (secondary N) is 1. The van der Waals surface area contributed by atoms with Gasteiger partial charge >= 0.3 is 0 Å². The molecule has 0 aromatic heterocycles. The largest absolute Gasteiger partial charge is 0.508 e. The molecular formula is C16H28ClNO. The monoisotopic (exact) mass is 285 g/mol. The maximum atomic E-state index is 9.74. The SMILES string of the molecule is CCCCCC(C)NC(C)Cc1ccccc1O.Cl. The third-order valence-corrected chi connectivity index (χ3v) is 3.33. The summed E-state index contributed by atoms with van der Waals surface area (Å²) in [5, 5.41) is 13.3. The van der Waals surface area contributed by atoms with Crippen LogP contribution in [-0.2, 0) is 6.42 Å². The van der Waals surface area contributed by atoms with Crippen LogP contribution in [-0.4, -0.2) is 17.2 Å². The number of unbranched alkanes of at least 4 members (excludes halogenated alkanes) is 2. The first kappa shape index (κ1) is 18.3. The second-order valence-electron chi connectivity index (χ2n) is 5.30. The molecule has 1 rings (SSSR count). The Balaban J connectivity index is 0.00000324. The minimum absolute atomic E-state index is 0. The second-order valence-corrected chi connectivity index (χ2v) is 5.30. The van der Waals surface area contributed by atoms with Gasteiger partial charge in [-0.2, -0.15) is 0 Å². The summed E-state index contributed by atoms with van der Waals surface area (Å²) in [5.41, 5.74) is 1.03. The Morgan fingerprint density at radius 1 is 1.11 bits per heavy atom. The summed E-state index contributed by atoms with van der Waals surface area (Å²) in [6.45, 7) is 6.67. The average molecular weight is 286 g/mol. The van der Waals surface area contributed by atoms with Crippen molar-refractivity contribution >= 4 is 12.4 Å². The van der Waals surface area contributed by atoms with Crippen molar-refractivity contribution in [2.24, 2.45) is 0 Å². The Morgan fingerprint density at radius 3 is 2.42 bits per heavy atom. The van der Waals surface area contributed by atoms with Gasteiger partial charge in [0.1, 0.15) is 5.75 Å². The minimum atomic E-state index is 0. The Bertz CT molecular complexity index is 343. The van der Waals surface area contributed by atoms with E-state index in [0.717, 1.165) is 12.0 Å². The van der Waals surface area contributed by atoms with Crippen LogP contribution in [0.1, 0.15) is 52.0 Å². The number of hydrogen-bond acceptors (Lipinski definition) is 2. The average Bonchev–Trinajstić information content (AvgIpc) is 2.32. The van der Waals surface area contributed by atoms with Crippen LogP contribution in [0, 0.1) is 0 Å². The number of para-hydroxylation sites is 1.